The van der Waals surface area contributed by atoms with Crippen molar-refractivity contribution >= 4 is 5.69 Å². The van der Waals surface area contributed by atoms with Crippen LogP contribution >= 0.6 is 0 Å². The van der Waals surface area contributed by atoms with Gasteiger partial charge in [0.1, 0.15) is 0 Å². The van der Waals surface area contributed by atoms with Crippen molar-refractivity contribution in [1.29, 1.82) is 0 Å². The summed E-state index contributed by atoms with van der Waals surface area (Å²) < 4.78 is 0. The molecule has 8 rings (SSSR count). The molecule has 0 aliphatic carbocycles. The number of likely N-dealkylation sites (tertiary alicyclic amines) is 1. The third-order valence-electron chi connectivity index (χ3n) is 16.0. The van der Waals surface area contributed by atoms with Crippen molar-refractivity contribution in [2.75, 3.05) is 97.4 Å². The summed E-state index contributed by atoms with van der Waals surface area (Å²) in [6, 6.07) is 24.1. The highest BCUT2D eigenvalue weighted by atomic mass is 15.3. The lowest BCUT2D eigenvalue weighted by molar-refractivity contribution is 0.126. The molecule has 6 heterocycles. The minimum absolute atomic E-state index is 0.516. The molecule has 6 aliphatic heterocycles. The van der Waals surface area contributed by atoms with Gasteiger partial charge in [-0.05, 0) is 231 Å². The van der Waals surface area contributed by atoms with Crippen LogP contribution in [-0.2, 0) is 6.54 Å². The van der Waals surface area contributed by atoms with Crippen LogP contribution in [0.3, 0.4) is 0 Å². The first kappa shape index (κ1) is 79.0. The van der Waals surface area contributed by atoms with Crippen molar-refractivity contribution in [3.8, 4) is 0 Å². The van der Waals surface area contributed by atoms with Gasteiger partial charge in [-0.3, -0.25) is 4.90 Å². The first-order valence-electron chi connectivity index (χ1n) is 33.4. The van der Waals surface area contributed by atoms with E-state index >= 15 is 0 Å². The number of hydrogen-bond acceptors (Lipinski definition) is 9. The molecule has 2 aromatic rings. The SMILES string of the molecule is CC.CC.CC(C)C1CCCCN1.CC(C)C1CCCNC1.CC(C)C1CCNCC1.CC(C)C1CCNCC1.CC(C)N1CCCC1.CC(C)N1CCN(C)CC1.CC(C)NCc1ccccc1.CC(C)Nc1ccccc1. The molecule has 6 N–H and O–H groups in total. The lowest BCUT2D eigenvalue weighted by atomic mass is 9.87. The van der Waals surface area contributed by atoms with Crippen LogP contribution in [-0.4, -0.2) is 137 Å². The summed E-state index contributed by atoms with van der Waals surface area (Å²) in [7, 11) is 2.19. The van der Waals surface area contributed by atoms with Gasteiger partial charge in [-0.1, -0.05) is 152 Å². The molecule has 2 atom stereocenters. The summed E-state index contributed by atoms with van der Waals surface area (Å²) in [4.78, 5) is 7.44. The number of nitrogens with one attached hydrogen (secondary N) is 6. The number of para-hydroxylation sites is 1. The van der Waals surface area contributed by atoms with Crippen molar-refractivity contribution in [3.63, 3.8) is 0 Å². The van der Waals surface area contributed by atoms with Gasteiger partial charge in [0.05, 0.1) is 0 Å². The largest absolute Gasteiger partial charge is 0.383 e. The highest BCUT2D eigenvalue weighted by molar-refractivity contribution is 5.42. The smallest absolute Gasteiger partial charge is 0.0342 e. The van der Waals surface area contributed by atoms with Gasteiger partial charge in [0.2, 0.25) is 0 Å². The molecule has 0 radical (unpaired) electrons. The predicted molar refractivity (Wildman–Crippen MR) is 358 cm³/mol. The van der Waals surface area contributed by atoms with Crippen molar-refractivity contribution in [2.45, 2.75) is 246 Å². The zero-order chi connectivity index (χ0) is 59.8. The summed E-state index contributed by atoms with van der Waals surface area (Å²) in [6.45, 7) is 61.5. The van der Waals surface area contributed by atoms with Crippen LogP contribution in [0.2, 0.25) is 0 Å². The number of piperazine rings is 1. The molecular weight excluding hydrogens is 967 g/mol. The molecule has 466 valence electrons. The highest BCUT2D eigenvalue weighted by Crippen LogP contribution is 2.22. The minimum Gasteiger partial charge on any atom is -0.383 e. The van der Waals surface area contributed by atoms with Crippen molar-refractivity contribution in [2.24, 2.45) is 41.4 Å². The van der Waals surface area contributed by atoms with Crippen LogP contribution in [0, 0.1) is 41.4 Å². The molecule has 6 aliphatic rings. The first-order valence-corrected chi connectivity index (χ1v) is 33.4. The zero-order valence-electron chi connectivity index (χ0n) is 56.7. The molecule has 79 heavy (non-hydrogen) atoms. The quantitative estimate of drug-likeness (QED) is 0.132. The van der Waals surface area contributed by atoms with Crippen LogP contribution in [0.15, 0.2) is 60.7 Å². The van der Waals surface area contributed by atoms with E-state index in [0.29, 0.717) is 12.1 Å². The Morgan fingerprint density at radius 1 is 0.430 bits per heavy atom. The Hall–Kier alpha value is -2.08. The number of piperidine rings is 4. The number of benzene rings is 2. The third kappa shape index (κ3) is 45.1. The average Bonchev–Trinajstić information content (AvgIpc) is 4.03. The summed E-state index contributed by atoms with van der Waals surface area (Å²) in [5.74, 6) is 6.42. The van der Waals surface area contributed by atoms with Gasteiger partial charge in [0, 0.05) is 68.6 Å². The summed E-state index contributed by atoms with van der Waals surface area (Å²) in [5.41, 5.74) is 2.54. The van der Waals surface area contributed by atoms with E-state index in [0.717, 1.165) is 66.1 Å². The Morgan fingerprint density at radius 2 is 0.886 bits per heavy atom. The fourth-order valence-corrected chi connectivity index (χ4v) is 10.3. The second kappa shape index (κ2) is 52.7. The molecule has 2 unspecified atom stereocenters. The number of anilines is 1. The second-order valence-corrected chi connectivity index (χ2v) is 25.3. The van der Waals surface area contributed by atoms with Crippen LogP contribution in [0.4, 0.5) is 5.69 Å². The Kier molecular flexibility index (Phi) is 52.7. The van der Waals surface area contributed by atoms with Crippen LogP contribution in [0.25, 0.3) is 0 Å². The molecule has 0 bridgehead atoms. The van der Waals surface area contributed by atoms with Crippen molar-refractivity contribution in [1.82, 2.24) is 41.3 Å². The Bertz CT molecular complexity index is 1390. The maximum absolute atomic E-state index is 3.52. The molecule has 0 saturated carbocycles. The van der Waals surface area contributed by atoms with Gasteiger partial charge in [-0.15, -0.1) is 0 Å². The van der Waals surface area contributed by atoms with E-state index in [-0.39, 0.29) is 0 Å². The molecule has 6 fully saturated rings. The fraction of sp³-hybridized carbons (Fsp3) is 0.829. The number of rotatable bonds is 11. The third-order valence-corrected chi connectivity index (χ3v) is 16.0. The van der Waals surface area contributed by atoms with Crippen molar-refractivity contribution < 1.29 is 0 Å². The predicted octanol–water partition coefficient (Wildman–Crippen LogP) is 15.6. The molecule has 9 nitrogen and oxygen atoms in total. The maximum Gasteiger partial charge on any atom is 0.0342 e. The molecule has 0 aromatic heterocycles. The molecule has 0 spiro atoms. The van der Waals surface area contributed by atoms with Gasteiger partial charge in [0.25, 0.3) is 0 Å². The standard InChI is InChI=1S/C10H15N.C9H13N.C8H18N2.4C8H17N.C7H15N.2C2H6/c1-9(2)11-8-10-6-4-3-5-7-10;1-8(2)10-9-6-4-3-5-7-9;1-8(2)10-6-4-9(3)5-7-10;2*1-7(2)8-3-5-9-6-4-8;1-7(2)8-4-3-5-9-6-8;1-7(2)8-5-3-4-6-9-8;1-7(2)8-5-3-4-6-8;2*1-2/h3-7,9,11H,8H2,1-2H3;3-8,10H,1-2H3;8H,4-7H2,1-3H3;4*7-9H,3-6H2,1-2H3;7H,3-6H2,1-2H3;2*1-2H3. The topological polar surface area (TPSA) is 81.9 Å². The minimum atomic E-state index is 0.516. The van der Waals surface area contributed by atoms with Crippen molar-refractivity contribution in [3.05, 3.63) is 66.2 Å². The van der Waals surface area contributed by atoms with Gasteiger partial charge in [-0.2, -0.15) is 0 Å². The van der Waals surface area contributed by atoms with E-state index in [1.165, 1.54) is 167 Å². The Morgan fingerprint density at radius 3 is 1.20 bits per heavy atom. The number of likely N-dealkylation sites (N-methyl/N-ethyl adjacent to an activating group) is 1. The molecule has 9 heteroatoms. The molecule has 6 saturated heterocycles. The average molecular weight is 1110 g/mol. The second-order valence-electron chi connectivity index (χ2n) is 25.3. The lowest BCUT2D eigenvalue weighted by Crippen LogP contribution is -2.47. The van der Waals surface area contributed by atoms with Crippen LogP contribution in [0.5, 0.6) is 0 Å². The molecule has 2 aromatic carbocycles. The molecule has 0 amide bonds. The molecular formula is C70H141N9. The van der Waals surface area contributed by atoms with E-state index in [2.05, 4.69) is 201 Å². The lowest BCUT2D eigenvalue weighted by Gasteiger charge is -2.34. The maximum atomic E-state index is 3.52. The summed E-state index contributed by atoms with van der Waals surface area (Å²) in [5, 5.41) is 20.3. The number of hydrogen-bond donors (Lipinski definition) is 6. The number of nitrogens with zero attached hydrogens (tertiary/aromatic N) is 3. The monoisotopic (exact) mass is 1110 g/mol. The van der Waals surface area contributed by atoms with Gasteiger partial charge in [-0.25, -0.2) is 0 Å². The van der Waals surface area contributed by atoms with Crippen LogP contribution < -0.4 is 31.9 Å². The Labute approximate surface area is 495 Å². The van der Waals surface area contributed by atoms with E-state index in [9.17, 15) is 0 Å². The van der Waals surface area contributed by atoms with Gasteiger partial charge < -0.3 is 41.7 Å². The summed E-state index contributed by atoms with van der Waals surface area (Å²) >= 11 is 0. The summed E-state index contributed by atoms with van der Waals surface area (Å²) in [6.07, 6.45) is 15.4. The zero-order valence-corrected chi connectivity index (χ0v) is 56.7. The van der Waals surface area contributed by atoms with E-state index < -0.39 is 0 Å². The fourth-order valence-electron chi connectivity index (χ4n) is 10.3. The Balaban J connectivity index is 0. The first-order chi connectivity index (χ1) is 37.8. The van der Waals surface area contributed by atoms with Gasteiger partial charge >= 0.3 is 0 Å². The van der Waals surface area contributed by atoms with E-state index in [1.807, 2.05) is 52.0 Å². The van der Waals surface area contributed by atoms with Gasteiger partial charge in [0.15, 0.2) is 0 Å². The van der Waals surface area contributed by atoms with E-state index in [4.69, 9.17) is 0 Å². The van der Waals surface area contributed by atoms with Crippen LogP contribution in [0.1, 0.15) is 215 Å². The highest BCUT2D eigenvalue weighted by Gasteiger charge is 2.19. The normalized spacial score (nSPS) is 20.1. The van der Waals surface area contributed by atoms with E-state index in [1.54, 1.807) is 0 Å².